The highest BCUT2D eigenvalue weighted by molar-refractivity contribution is 5.74. The van der Waals surface area contributed by atoms with Gasteiger partial charge in [-0.2, -0.15) is 0 Å². The number of anilines is 1. The largest absolute Gasteiger partial charge is 0.379 e. The standard InChI is InChI=1S/C15H22N2O/c1-11(18)17-9-14(10-17)16-13-7-5-12(6-8-13)15(2,3)4/h5-8,14,16H,9-10H2,1-4H3. The molecule has 18 heavy (non-hydrogen) atoms. The summed E-state index contributed by atoms with van der Waals surface area (Å²) in [5, 5.41) is 3.45. The number of hydrogen-bond donors (Lipinski definition) is 1. The maximum absolute atomic E-state index is 11.1. The van der Waals surface area contributed by atoms with Crippen LogP contribution in [0.3, 0.4) is 0 Å². The fraction of sp³-hybridized carbons (Fsp3) is 0.533. The summed E-state index contributed by atoms with van der Waals surface area (Å²) in [4.78, 5) is 12.9. The van der Waals surface area contributed by atoms with Crippen molar-refractivity contribution in [3.8, 4) is 0 Å². The second-order valence-electron chi connectivity index (χ2n) is 6.09. The van der Waals surface area contributed by atoms with Gasteiger partial charge in [-0.1, -0.05) is 32.9 Å². The second-order valence-corrected chi connectivity index (χ2v) is 6.09. The lowest BCUT2D eigenvalue weighted by molar-refractivity contribution is -0.132. The van der Waals surface area contributed by atoms with Gasteiger partial charge in [0, 0.05) is 25.7 Å². The summed E-state index contributed by atoms with van der Waals surface area (Å²) in [5.74, 6) is 0.163. The van der Waals surface area contributed by atoms with E-state index in [-0.39, 0.29) is 11.3 Å². The number of hydrogen-bond acceptors (Lipinski definition) is 2. The number of likely N-dealkylation sites (tertiary alicyclic amines) is 1. The van der Waals surface area contributed by atoms with E-state index >= 15 is 0 Å². The van der Waals surface area contributed by atoms with Crippen LogP contribution in [0.5, 0.6) is 0 Å². The van der Waals surface area contributed by atoms with E-state index in [1.807, 2.05) is 4.90 Å². The first-order valence-electron chi connectivity index (χ1n) is 6.49. The first kappa shape index (κ1) is 12.9. The molecule has 98 valence electrons. The third-order valence-electron chi connectivity index (χ3n) is 3.45. The Morgan fingerprint density at radius 1 is 1.22 bits per heavy atom. The topological polar surface area (TPSA) is 32.3 Å². The number of rotatable bonds is 2. The third kappa shape index (κ3) is 2.84. The molecule has 0 saturated carbocycles. The molecule has 0 atom stereocenters. The van der Waals surface area contributed by atoms with Gasteiger partial charge in [0.15, 0.2) is 0 Å². The van der Waals surface area contributed by atoms with E-state index < -0.39 is 0 Å². The predicted molar refractivity (Wildman–Crippen MR) is 74.8 cm³/mol. The zero-order valence-corrected chi connectivity index (χ0v) is 11.7. The van der Waals surface area contributed by atoms with Gasteiger partial charge in [-0.05, 0) is 23.1 Å². The van der Waals surface area contributed by atoms with Gasteiger partial charge < -0.3 is 10.2 Å². The fourth-order valence-electron chi connectivity index (χ4n) is 2.13. The van der Waals surface area contributed by atoms with Crippen LogP contribution in [-0.2, 0) is 10.2 Å². The van der Waals surface area contributed by atoms with Crippen LogP contribution in [0, 0.1) is 0 Å². The lowest BCUT2D eigenvalue weighted by Crippen LogP contribution is -2.56. The highest BCUT2D eigenvalue weighted by Gasteiger charge is 2.28. The molecule has 1 N–H and O–H groups in total. The van der Waals surface area contributed by atoms with Crippen molar-refractivity contribution in [1.82, 2.24) is 4.90 Å². The monoisotopic (exact) mass is 246 g/mol. The minimum absolute atomic E-state index is 0.163. The molecule has 0 radical (unpaired) electrons. The van der Waals surface area contributed by atoms with Crippen molar-refractivity contribution in [2.24, 2.45) is 0 Å². The van der Waals surface area contributed by atoms with E-state index in [0.29, 0.717) is 6.04 Å². The molecule has 1 aromatic rings. The van der Waals surface area contributed by atoms with Crippen LogP contribution in [0.15, 0.2) is 24.3 Å². The number of nitrogens with zero attached hydrogens (tertiary/aromatic N) is 1. The van der Waals surface area contributed by atoms with Crippen molar-refractivity contribution in [3.05, 3.63) is 29.8 Å². The van der Waals surface area contributed by atoms with Gasteiger partial charge in [0.25, 0.3) is 0 Å². The molecule has 0 bridgehead atoms. The van der Waals surface area contributed by atoms with Crippen LogP contribution in [-0.4, -0.2) is 29.9 Å². The molecule has 0 unspecified atom stereocenters. The molecule has 0 aromatic heterocycles. The highest BCUT2D eigenvalue weighted by Crippen LogP contribution is 2.24. The fourth-order valence-corrected chi connectivity index (χ4v) is 2.13. The average molecular weight is 246 g/mol. The molecule has 1 aliphatic rings. The zero-order chi connectivity index (χ0) is 13.3. The van der Waals surface area contributed by atoms with Gasteiger partial charge in [0.1, 0.15) is 0 Å². The van der Waals surface area contributed by atoms with E-state index in [1.54, 1.807) is 6.92 Å². The number of benzene rings is 1. The molecule has 3 nitrogen and oxygen atoms in total. The molecule has 1 saturated heterocycles. The molecule has 1 aromatic carbocycles. The van der Waals surface area contributed by atoms with Crippen LogP contribution in [0.2, 0.25) is 0 Å². The van der Waals surface area contributed by atoms with Crippen LogP contribution >= 0.6 is 0 Å². The number of amides is 1. The Balaban J connectivity index is 1.90. The second kappa shape index (κ2) is 4.63. The van der Waals surface area contributed by atoms with E-state index in [1.165, 1.54) is 5.56 Å². The minimum atomic E-state index is 0.163. The maximum atomic E-state index is 11.1. The zero-order valence-electron chi connectivity index (χ0n) is 11.7. The summed E-state index contributed by atoms with van der Waals surface area (Å²) in [5.41, 5.74) is 2.67. The van der Waals surface area contributed by atoms with Crippen LogP contribution < -0.4 is 5.32 Å². The van der Waals surface area contributed by atoms with Crippen molar-refractivity contribution in [1.29, 1.82) is 0 Å². The maximum Gasteiger partial charge on any atom is 0.219 e. The van der Waals surface area contributed by atoms with Gasteiger partial charge in [0.05, 0.1) is 6.04 Å². The van der Waals surface area contributed by atoms with E-state index in [0.717, 1.165) is 18.8 Å². The SMILES string of the molecule is CC(=O)N1CC(Nc2ccc(C(C)(C)C)cc2)C1. The minimum Gasteiger partial charge on any atom is -0.379 e. The molecular weight excluding hydrogens is 224 g/mol. The number of carbonyl (C=O) groups excluding carboxylic acids is 1. The van der Waals surface area contributed by atoms with Crippen molar-refractivity contribution in [3.63, 3.8) is 0 Å². The van der Waals surface area contributed by atoms with Crippen LogP contribution in [0.25, 0.3) is 0 Å². The van der Waals surface area contributed by atoms with Gasteiger partial charge >= 0.3 is 0 Å². The highest BCUT2D eigenvalue weighted by atomic mass is 16.2. The lowest BCUT2D eigenvalue weighted by atomic mass is 9.87. The summed E-state index contributed by atoms with van der Waals surface area (Å²) in [6.45, 7) is 9.89. The van der Waals surface area contributed by atoms with Gasteiger partial charge in [0.2, 0.25) is 5.91 Å². The molecular formula is C15H22N2O. The van der Waals surface area contributed by atoms with E-state index in [2.05, 4.69) is 50.4 Å². The molecule has 1 fully saturated rings. The van der Waals surface area contributed by atoms with Crippen LogP contribution in [0.1, 0.15) is 33.3 Å². The van der Waals surface area contributed by atoms with Gasteiger partial charge in [-0.25, -0.2) is 0 Å². The summed E-state index contributed by atoms with van der Waals surface area (Å²) < 4.78 is 0. The van der Waals surface area contributed by atoms with Crippen molar-refractivity contribution < 1.29 is 4.79 Å². The summed E-state index contributed by atoms with van der Waals surface area (Å²) in [6, 6.07) is 8.98. The lowest BCUT2D eigenvalue weighted by Gasteiger charge is -2.39. The summed E-state index contributed by atoms with van der Waals surface area (Å²) >= 11 is 0. The smallest absolute Gasteiger partial charge is 0.219 e. The van der Waals surface area contributed by atoms with Crippen molar-refractivity contribution in [2.75, 3.05) is 18.4 Å². The van der Waals surface area contributed by atoms with Crippen molar-refractivity contribution >= 4 is 11.6 Å². The molecule has 1 aliphatic heterocycles. The Morgan fingerprint density at radius 3 is 2.22 bits per heavy atom. The van der Waals surface area contributed by atoms with Crippen LogP contribution in [0.4, 0.5) is 5.69 Å². The molecule has 2 rings (SSSR count). The molecule has 1 heterocycles. The van der Waals surface area contributed by atoms with Crippen molar-refractivity contribution in [2.45, 2.75) is 39.2 Å². The first-order chi connectivity index (χ1) is 8.36. The normalized spacial score (nSPS) is 16.3. The third-order valence-corrected chi connectivity index (χ3v) is 3.45. The number of nitrogens with one attached hydrogen (secondary N) is 1. The Labute approximate surface area is 109 Å². The predicted octanol–water partition coefficient (Wildman–Crippen LogP) is 2.63. The average Bonchev–Trinajstić information content (AvgIpc) is 2.21. The molecule has 0 spiro atoms. The Hall–Kier alpha value is -1.51. The Bertz CT molecular complexity index is 425. The summed E-state index contributed by atoms with van der Waals surface area (Å²) in [6.07, 6.45) is 0. The molecule has 1 amide bonds. The Kier molecular flexibility index (Phi) is 3.33. The van der Waals surface area contributed by atoms with Gasteiger partial charge in [-0.3, -0.25) is 4.79 Å². The number of carbonyl (C=O) groups is 1. The Morgan fingerprint density at radius 2 is 1.78 bits per heavy atom. The summed E-state index contributed by atoms with van der Waals surface area (Å²) in [7, 11) is 0. The first-order valence-corrected chi connectivity index (χ1v) is 6.49. The molecule has 0 aliphatic carbocycles. The quantitative estimate of drug-likeness (QED) is 0.870. The van der Waals surface area contributed by atoms with Gasteiger partial charge in [-0.15, -0.1) is 0 Å². The molecule has 3 heteroatoms. The van der Waals surface area contributed by atoms with E-state index in [9.17, 15) is 4.79 Å². The van der Waals surface area contributed by atoms with E-state index in [4.69, 9.17) is 0 Å².